The van der Waals surface area contributed by atoms with E-state index in [-0.39, 0.29) is 5.91 Å². The SMILES string of the molecule is CCCNC(=O)c1ccnc(-n2ccnc2)c1. The lowest BCUT2D eigenvalue weighted by atomic mass is 10.2. The van der Waals surface area contributed by atoms with E-state index in [4.69, 9.17) is 0 Å². The molecule has 2 heterocycles. The second-order valence-electron chi connectivity index (χ2n) is 3.63. The first-order chi connectivity index (χ1) is 8.31. The molecule has 0 saturated carbocycles. The minimum Gasteiger partial charge on any atom is -0.352 e. The molecular weight excluding hydrogens is 216 g/mol. The average Bonchev–Trinajstić information content (AvgIpc) is 2.90. The molecule has 5 heteroatoms. The third-order valence-electron chi connectivity index (χ3n) is 2.31. The summed E-state index contributed by atoms with van der Waals surface area (Å²) in [5, 5.41) is 2.83. The number of aromatic nitrogens is 3. The molecule has 0 saturated heterocycles. The van der Waals surface area contributed by atoms with Crippen LogP contribution in [0.3, 0.4) is 0 Å². The van der Waals surface area contributed by atoms with Crippen molar-refractivity contribution in [3.05, 3.63) is 42.6 Å². The molecule has 2 rings (SSSR count). The standard InChI is InChI=1S/C12H14N4O/c1-2-4-15-12(17)10-3-5-14-11(8-10)16-7-6-13-9-16/h3,5-9H,2,4H2,1H3,(H,15,17). The summed E-state index contributed by atoms with van der Waals surface area (Å²) >= 11 is 0. The molecule has 1 amide bonds. The van der Waals surface area contributed by atoms with Gasteiger partial charge in [0.15, 0.2) is 0 Å². The van der Waals surface area contributed by atoms with E-state index in [9.17, 15) is 4.79 Å². The van der Waals surface area contributed by atoms with Crippen LogP contribution < -0.4 is 5.32 Å². The number of carbonyl (C=O) groups is 1. The Kier molecular flexibility index (Phi) is 3.49. The van der Waals surface area contributed by atoms with Crippen LogP contribution in [-0.4, -0.2) is 27.0 Å². The van der Waals surface area contributed by atoms with Gasteiger partial charge in [-0.1, -0.05) is 6.92 Å². The number of nitrogens with zero attached hydrogens (tertiary/aromatic N) is 3. The smallest absolute Gasteiger partial charge is 0.251 e. The van der Waals surface area contributed by atoms with Gasteiger partial charge in [-0.15, -0.1) is 0 Å². The topological polar surface area (TPSA) is 59.8 Å². The van der Waals surface area contributed by atoms with Crippen LogP contribution in [0.4, 0.5) is 0 Å². The first-order valence-electron chi connectivity index (χ1n) is 5.54. The van der Waals surface area contributed by atoms with Crippen molar-refractivity contribution in [2.24, 2.45) is 0 Å². The molecule has 0 radical (unpaired) electrons. The Hall–Kier alpha value is -2.17. The molecule has 0 unspecified atom stereocenters. The fraction of sp³-hybridized carbons (Fsp3) is 0.250. The van der Waals surface area contributed by atoms with E-state index in [1.54, 1.807) is 41.6 Å². The molecule has 88 valence electrons. The summed E-state index contributed by atoms with van der Waals surface area (Å²) < 4.78 is 1.76. The van der Waals surface area contributed by atoms with Gasteiger partial charge in [0.25, 0.3) is 5.91 Å². The second kappa shape index (κ2) is 5.25. The molecule has 0 aliphatic heterocycles. The van der Waals surface area contributed by atoms with Crippen molar-refractivity contribution in [1.29, 1.82) is 0 Å². The van der Waals surface area contributed by atoms with Crippen LogP contribution in [0.5, 0.6) is 0 Å². The molecule has 5 nitrogen and oxygen atoms in total. The zero-order chi connectivity index (χ0) is 12.1. The number of hydrogen-bond acceptors (Lipinski definition) is 3. The van der Waals surface area contributed by atoms with Gasteiger partial charge in [-0.3, -0.25) is 9.36 Å². The Balaban J connectivity index is 2.20. The maximum Gasteiger partial charge on any atom is 0.251 e. The van der Waals surface area contributed by atoms with E-state index in [0.717, 1.165) is 6.42 Å². The quantitative estimate of drug-likeness (QED) is 0.863. The first kappa shape index (κ1) is 11.3. The molecule has 1 N–H and O–H groups in total. The minimum atomic E-state index is -0.0735. The van der Waals surface area contributed by atoms with Crippen LogP contribution in [-0.2, 0) is 0 Å². The maximum atomic E-state index is 11.8. The molecule has 0 spiro atoms. The van der Waals surface area contributed by atoms with Gasteiger partial charge >= 0.3 is 0 Å². The predicted molar refractivity (Wildman–Crippen MR) is 64.0 cm³/mol. The molecule has 0 bridgehead atoms. The molecule has 0 aromatic carbocycles. The summed E-state index contributed by atoms with van der Waals surface area (Å²) in [7, 11) is 0. The van der Waals surface area contributed by atoms with E-state index in [0.29, 0.717) is 17.9 Å². The Morgan fingerprint density at radius 3 is 3.06 bits per heavy atom. The highest BCUT2D eigenvalue weighted by Gasteiger charge is 2.06. The number of hydrogen-bond donors (Lipinski definition) is 1. The van der Waals surface area contributed by atoms with Crippen LogP contribution in [0, 0.1) is 0 Å². The van der Waals surface area contributed by atoms with Crippen LogP contribution in [0.2, 0.25) is 0 Å². The van der Waals surface area contributed by atoms with Crippen molar-refractivity contribution in [2.45, 2.75) is 13.3 Å². The van der Waals surface area contributed by atoms with E-state index in [1.165, 1.54) is 0 Å². The summed E-state index contributed by atoms with van der Waals surface area (Å²) in [4.78, 5) is 19.9. The van der Waals surface area contributed by atoms with Gasteiger partial charge in [0.2, 0.25) is 0 Å². The summed E-state index contributed by atoms with van der Waals surface area (Å²) in [6, 6.07) is 3.44. The van der Waals surface area contributed by atoms with Gasteiger partial charge in [0.1, 0.15) is 12.1 Å². The highest BCUT2D eigenvalue weighted by Crippen LogP contribution is 2.06. The Morgan fingerprint density at radius 2 is 2.35 bits per heavy atom. The molecule has 2 aromatic rings. The molecule has 0 aliphatic rings. The van der Waals surface area contributed by atoms with Gasteiger partial charge < -0.3 is 5.32 Å². The van der Waals surface area contributed by atoms with Crippen molar-refractivity contribution in [3.63, 3.8) is 0 Å². The first-order valence-corrected chi connectivity index (χ1v) is 5.54. The lowest BCUT2D eigenvalue weighted by Gasteiger charge is -2.05. The fourth-order valence-electron chi connectivity index (χ4n) is 1.44. The van der Waals surface area contributed by atoms with Crippen LogP contribution in [0.25, 0.3) is 5.82 Å². The van der Waals surface area contributed by atoms with Crippen molar-refractivity contribution < 1.29 is 4.79 Å². The Labute approximate surface area is 99.5 Å². The highest BCUT2D eigenvalue weighted by atomic mass is 16.1. The summed E-state index contributed by atoms with van der Waals surface area (Å²) in [6.07, 6.45) is 7.65. The molecule has 0 atom stereocenters. The van der Waals surface area contributed by atoms with Crippen LogP contribution >= 0.6 is 0 Å². The van der Waals surface area contributed by atoms with Gasteiger partial charge in [-0.25, -0.2) is 9.97 Å². The van der Waals surface area contributed by atoms with E-state index >= 15 is 0 Å². The zero-order valence-corrected chi connectivity index (χ0v) is 9.63. The fourth-order valence-corrected chi connectivity index (χ4v) is 1.44. The van der Waals surface area contributed by atoms with Gasteiger partial charge in [-0.05, 0) is 18.6 Å². The number of carbonyl (C=O) groups excluding carboxylic acids is 1. The summed E-state index contributed by atoms with van der Waals surface area (Å²) in [5.41, 5.74) is 0.608. The second-order valence-corrected chi connectivity index (χ2v) is 3.63. The summed E-state index contributed by atoms with van der Waals surface area (Å²) in [6.45, 7) is 2.70. The van der Waals surface area contributed by atoms with Crippen LogP contribution in [0.1, 0.15) is 23.7 Å². The third kappa shape index (κ3) is 2.69. The van der Waals surface area contributed by atoms with Crippen molar-refractivity contribution in [3.8, 4) is 5.82 Å². The third-order valence-corrected chi connectivity index (χ3v) is 2.31. The minimum absolute atomic E-state index is 0.0735. The predicted octanol–water partition coefficient (Wildman–Crippen LogP) is 1.41. The van der Waals surface area contributed by atoms with Crippen molar-refractivity contribution in [2.75, 3.05) is 6.54 Å². The average molecular weight is 230 g/mol. The number of rotatable bonds is 4. The summed E-state index contributed by atoms with van der Waals surface area (Å²) in [5.74, 6) is 0.613. The zero-order valence-electron chi connectivity index (χ0n) is 9.63. The van der Waals surface area contributed by atoms with Crippen molar-refractivity contribution in [1.82, 2.24) is 19.9 Å². The normalized spacial score (nSPS) is 10.2. The lowest BCUT2D eigenvalue weighted by molar-refractivity contribution is 0.0953. The van der Waals surface area contributed by atoms with E-state index in [1.807, 2.05) is 6.92 Å². The van der Waals surface area contributed by atoms with E-state index in [2.05, 4.69) is 15.3 Å². The van der Waals surface area contributed by atoms with Gasteiger partial charge in [0.05, 0.1) is 0 Å². The van der Waals surface area contributed by atoms with Gasteiger partial charge in [-0.2, -0.15) is 0 Å². The number of amides is 1. The van der Waals surface area contributed by atoms with E-state index < -0.39 is 0 Å². The van der Waals surface area contributed by atoms with Crippen LogP contribution in [0.15, 0.2) is 37.1 Å². The number of imidazole rings is 1. The molecule has 2 aromatic heterocycles. The van der Waals surface area contributed by atoms with Gasteiger partial charge in [0, 0.05) is 30.7 Å². The molecular formula is C12H14N4O. The molecule has 17 heavy (non-hydrogen) atoms. The monoisotopic (exact) mass is 230 g/mol. The van der Waals surface area contributed by atoms with Crippen molar-refractivity contribution >= 4 is 5.91 Å². The number of pyridine rings is 1. The Bertz CT molecular complexity index is 493. The highest BCUT2D eigenvalue weighted by molar-refractivity contribution is 5.94. The maximum absolute atomic E-state index is 11.8. The lowest BCUT2D eigenvalue weighted by Crippen LogP contribution is -2.24. The Morgan fingerprint density at radius 1 is 1.47 bits per heavy atom. The molecule has 0 fully saturated rings. The number of nitrogens with one attached hydrogen (secondary N) is 1. The largest absolute Gasteiger partial charge is 0.352 e. The molecule has 0 aliphatic carbocycles.